The van der Waals surface area contributed by atoms with Crippen molar-refractivity contribution in [2.24, 2.45) is 0 Å². The molecule has 0 aliphatic carbocycles. The van der Waals surface area contributed by atoms with Crippen LogP contribution in [0.5, 0.6) is 0 Å². The molecule has 0 bridgehead atoms. The van der Waals surface area contributed by atoms with Gasteiger partial charge < -0.3 is 9.67 Å². The third-order valence-electron chi connectivity index (χ3n) is 3.73. The van der Waals surface area contributed by atoms with Crippen LogP contribution >= 0.6 is 0 Å². The van der Waals surface area contributed by atoms with Crippen LogP contribution in [0.15, 0.2) is 48.7 Å². The molecule has 20 heavy (non-hydrogen) atoms. The first-order valence-corrected chi connectivity index (χ1v) is 6.61. The van der Waals surface area contributed by atoms with E-state index in [0.29, 0.717) is 6.54 Å². The van der Waals surface area contributed by atoms with Gasteiger partial charge in [-0.1, -0.05) is 24.3 Å². The molecule has 3 heteroatoms. The van der Waals surface area contributed by atoms with Crippen molar-refractivity contribution in [3.8, 4) is 0 Å². The maximum absolute atomic E-state index is 12.9. The van der Waals surface area contributed by atoms with E-state index in [1.54, 1.807) is 12.1 Å². The first-order valence-electron chi connectivity index (χ1n) is 6.61. The van der Waals surface area contributed by atoms with Gasteiger partial charge in [-0.2, -0.15) is 0 Å². The number of nitrogens with zero attached hydrogens (tertiary/aromatic N) is 1. The highest BCUT2D eigenvalue weighted by atomic mass is 19.1. The van der Waals surface area contributed by atoms with Gasteiger partial charge in [0.1, 0.15) is 5.82 Å². The Morgan fingerprint density at radius 1 is 1.05 bits per heavy atom. The average molecular weight is 269 g/mol. The summed E-state index contributed by atoms with van der Waals surface area (Å²) in [5, 5.41) is 10.5. The Kier molecular flexibility index (Phi) is 3.28. The largest absolute Gasteiger partial charge is 0.392 e. The highest BCUT2D eigenvalue weighted by Crippen LogP contribution is 2.24. The summed E-state index contributed by atoms with van der Waals surface area (Å²) in [6.07, 6.45) is 2.03. The normalized spacial score (nSPS) is 11.2. The van der Waals surface area contributed by atoms with Crippen LogP contribution in [0.4, 0.5) is 4.39 Å². The minimum absolute atomic E-state index is 0.0451. The molecule has 0 aliphatic heterocycles. The molecule has 3 aromatic rings. The third kappa shape index (κ3) is 2.21. The zero-order chi connectivity index (χ0) is 14.1. The topological polar surface area (TPSA) is 25.2 Å². The molecule has 0 saturated heterocycles. The number of aromatic nitrogens is 1. The fraction of sp³-hybridized carbons (Fsp3) is 0.176. The second-order valence-electron chi connectivity index (χ2n) is 5.02. The average Bonchev–Trinajstić information content (AvgIpc) is 2.86. The molecule has 2 nitrogen and oxygen atoms in total. The van der Waals surface area contributed by atoms with Crippen molar-refractivity contribution in [3.05, 3.63) is 71.2 Å². The predicted molar refractivity (Wildman–Crippen MR) is 78.1 cm³/mol. The molecule has 0 spiro atoms. The maximum Gasteiger partial charge on any atom is 0.123 e. The van der Waals surface area contributed by atoms with Crippen molar-refractivity contribution < 1.29 is 9.50 Å². The third-order valence-corrected chi connectivity index (χ3v) is 3.73. The van der Waals surface area contributed by atoms with E-state index in [1.807, 2.05) is 25.3 Å². The van der Waals surface area contributed by atoms with Gasteiger partial charge in [0.25, 0.3) is 0 Å². The highest BCUT2D eigenvalue weighted by molar-refractivity contribution is 5.84. The van der Waals surface area contributed by atoms with Gasteiger partial charge in [0, 0.05) is 12.7 Å². The van der Waals surface area contributed by atoms with E-state index in [0.717, 1.165) is 27.6 Å². The van der Waals surface area contributed by atoms with Crippen LogP contribution in [0.3, 0.4) is 0 Å². The summed E-state index contributed by atoms with van der Waals surface area (Å²) < 4.78 is 15.1. The molecule has 2 aromatic carbocycles. The van der Waals surface area contributed by atoms with Crippen LogP contribution in [0.1, 0.15) is 16.7 Å². The number of aryl methyl sites for hydroxylation is 1. The van der Waals surface area contributed by atoms with E-state index in [-0.39, 0.29) is 12.4 Å². The number of fused-ring (bicyclic) bond motifs is 1. The number of rotatable bonds is 3. The lowest BCUT2D eigenvalue weighted by Gasteiger charge is -2.10. The van der Waals surface area contributed by atoms with Crippen LogP contribution in [0, 0.1) is 12.7 Å². The van der Waals surface area contributed by atoms with Crippen molar-refractivity contribution >= 4 is 10.9 Å². The van der Waals surface area contributed by atoms with Crippen molar-refractivity contribution in [2.45, 2.75) is 20.1 Å². The molecule has 0 saturated carbocycles. The number of halogens is 1. The molecule has 0 aliphatic rings. The van der Waals surface area contributed by atoms with Gasteiger partial charge in [0.05, 0.1) is 12.1 Å². The van der Waals surface area contributed by atoms with E-state index < -0.39 is 0 Å². The molecule has 0 fully saturated rings. The zero-order valence-corrected chi connectivity index (χ0v) is 11.3. The number of aliphatic hydroxyl groups excluding tert-OH is 1. The number of benzene rings is 2. The molecule has 1 N–H and O–H groups in total. The number of aliphatic hydroxyl groups is 1. The standard InChI is InChI=1S/C17H16FNO/c1-12-15(11-20)5-4-14-8-9-19(17(12)14)10-13-2-6-16(18)7-3-13/h2-9,20H,10-11H2,1H3. The van der Waals surface area contributed by atoms with Gasteiger partial charge in [-0.05, 0) is 47.2 Å². The van der Waals surface area contributed by atoms with Crippen LogP contribution in [0.25, 0.3) is 10.9 Å². The lowest BCUT2D eigenvalue weighted by molar-refractivity contribution is 0.281. The van der Waals surface area contributed by atoms with Crippen LogP contribution in [0.2, 0.25) is 0 Å². The van der Waals surface area contributed by atoms with Crippen molar-refractivity contribution in [1.29, 1.82) is 0 Å². The van der Waals surface area contributed by atoms with Gasteiger partial charge in [-0.3, -0.25) is 0 Å². The second-order valence-corrected chi connectivity index (χ2v) is 5.02. The molecular weight excluding hydrogens is 253 g/mol. The van der Waals surface area contributed by atoms with E-state index in [4.69, 9.17) is 0 Å². The van der Waals surface area contributed by atoms with Gasteiger partial charge in [-0.15, -0.1) is 0 Å². The first kappa shape index (κ1) is 12.9. The Morgan fingerprint density at radius 2 is 1.80 bits per heavy atom. The van der Waals surface area contributed by atoms with Crippen LogP contribution in [-0.2, 0) is 13.2 Å². The quantitative estimate of drug-likeness (QED) is 0.771. The predicted octanol–water partition coefficient (Wildman–Crippen LogP) is 3.63. The van der Waals surface area contributed by atoms with Crippen LogP contribution in [-0.4, -0.2) is 9.67 Å². The summed E-state index contributed by atoms with van der Waals surface area (Å²) in [5.41, 5.74) is 4.22. The molecule has 0 atom stereocenters. The summed E-state index contributed by atoms with van der Waals surface area (Å²) in [6, 6.07) is 12.6. The summed E-state index contributed by atoms with van der Waals surface area (Å²) >= 11 is 0. The Hall–Kier alpha value is -2.13. The molecule has 1 aromatic heterocycles. The Balaban J connectivity index is 2.05. The molecule has 0 amide bonds. The van der Waals surface area contributed by atoms with Gasteiger partial charge in [0.15, 0.2) is 0 Å². The molecule has 0 radical (unpaired) electrons. The minimum atomic E-state index is -0.218. The fourth-order valence-corrected chi connectivity index (χ4v) is 2.61. The number of hydrogen-bond donors (Lipinski definition) is 1. The fourth-order valence-electron chi connectivity index (χ4n) is 2.61. The summed E-state index contributed by atoms with van der Waals surface area (Å²) in [7, 11) is 0. The van der Waals surface area contributed by atoms with Gasteiger partial charge in [-0.25, -0.2) is 4.39 Å². The Bertz CT molecular complexity index is 744. The smallest absolute Gasteiger partial charge is 0.123 e. The second kappa shape index (κ2) is 5.10. The molecule has 3 rings (SSSR count). The Labute approximate surface area is 117 Å². The van der Waals surface area contributed by atoms with Gasteiger partial charge >= 0.3 is 0 Å². The van der Waals surface area contributed by atoms with E-state index in [2.05, 4.69) is 10.6 Å². The van der Waals surface area contributed by atoms with Crippen molar-refractivity contribution in [3.63, 3.8) is 0 Å². The molecule has 1 heterocycles. The van der Waals surface area contributed by atoms with Crippen LogP contribution < -0.4 is 0 Å². The molecule has 102 valence electrons. The SMILES string of the molecule is Cc1c(CO)ccc2ccn(Cc3ccc(F)cc3)c12. The summed E-state index contributed by atoms with van der Waals surface area (Å²) in [5.74, 6) is -0.218. The van der Waals surface area contributed by atoms with Gasteiger partial charge in [0.2, 0.25) is 0 Å². The Morgan fingerprint density at radius 3 is 2.50 bits per heavy atom. The molecular formula is C17H16FNO. The maximum atomic E-state index is 12.9. The van der Waals surface area contributed by atoms with Crippen molar-refractivity contribution in [2.75, 3.05) is 0 Å². The minimum Gasteiger partial charge on any atom is -0.392 e. The van der Waals surface area contributed by atoms with E-state index >= 15 is 0 Å². The van der Waals surface area contributed by atoms with E-state index in [1.165, 1.54) is 12.1 Å². The summed E-state index contributed by atoms with van der Waals surface area (Å²) in [6.45, 7) is 2.76. The monoisotopic (exact) mass is 269 g/mol. The molecule has 0 unspecified atom stereocenters. The highest BCUT2D eigenvalue weighted by Gasteiger charge is 2.08. The number of hydrogen-bond acceptors (Lipinski definition) is 1. The summed E-state index contributed by atoms with van der Waals surface area (Å²) in [4.78, 5) is 0. The first-order chi connectivity index (χ1) is 9.69. The zero-order valence-electron chi connectivity index (χ0n) is 11.3. The lowest BCUT2D eigenvalue weighted by atomic mass is 10.1. The lowest BCUT2D eigenvalue weighted by Crippen LogP contribution is -2.00. The van der Waals surface area contributed by atoms with E-state index in [9.17, 15) is 9.50 Å². The van der Waals surface area contributed by atoms with Crippen molar-refractivity contribution in [1.82, 2.24) is 4.57 Å².